The predicted molar refractivity (Wildman–Crippen MR) is 99.1 cm³/mol. The van der Waals surface area contributed by atoms with Gasteiger partial charge in [-0.05, 0) is 30.3 Å². The maximum atomic E-state index is 12.6. The molecule has 1 amide bonds. The van der Waals surface area contributed by atoms with Crippen LogP contribution in [0.5, 0.6) is 5.88 Å². The zero-order chi connectivity index (χ0) is 19.4. The highest BCUT2D eigenvalue weighted by Gasteiger charge is 2.28. The first-order valence-electron chi connectivity index (χ1n) is 8.63. The first kappa shape index (κ1) is 18.6. The molecule has 0 aliphatic carbocycles. The zero-order valence-electron chi connectivity index (χ0n) is 15.6. The number of rotatable bonds is 5. The van der Waals surface area contributed by atoms with E-state index < -0.39 is 5.97 Å². The van der Waals surface area contributed by atoms with Crippen molar-refractivity contribution in [2.75, 3.05) is 39.2 Å². The molecule has 0 N–H and O–H groups in total. The molecule has 142 valence electrons. The smallest absolute Gasteiger partial charge is 0.337 e. The molecule has 3 rings (SSSR count). The van der Waals surface area contributed by atoms with E-state index in [1.807, 2.05) is 25.1 Å². The van der Waals surface area contributed by atoms with Crippen molar-refractivity contribution in [3.8, 4) is 5.88 Å². The fourth-order valence-electron chi connectivity index (χ4n) is 2.84. The van der Waals surface area contributed by atoms with E-state index in [2.05, 4.69) is 14.9 Å². The zero-order valence-corrected chi connectivity index (χ0v) is 15.6. The SMILES string of the molecule is COC(=O)c1ccc(C(=O)N2CCC(Oc3ccc(N(C)C)nn3)C2)cc1. The molecule has 1 aromatic carbocycles. The molecule has 1 unspecified atom stereocenters. The van der Waals surface area contributed by atoms with Crippen molar-refractivity contribution in [2.24, 2.45) is 0 Å². The fourth-order valence-corrected chi connectivity index (χ4v) is 2.84. The first-order valence-corrected chi connectivity index (χ1v) is 8.63. The predicted octanol–water partition coefficient (Wildman–Crippen LogP) is 1.62. The van der Waals surface area contributed by atoms with Crippen LogP contribution in [0.15, 0.2) is 36.4 Å². The van der Waals surface area contributed by atoms with Gasteiger partial charge in [-0.3, -0.25) is 4.79 Å². The highest BCUT2D eigenvalue weighted by molar-refractivity contribution is 5.96. The number of esters is 1. The summed E-state index contributed by atoms with van der Waals surface area (Å²) in [6.45, 7) is 1.08. The van der Waals surface area contributed by atoms with Gasteiger partial charge in [0, 0.05) is 38.7 Å². The van der Waals surface area contributed by atoms with Crippen LogP contribution in [0, 0.1) is 0 Å². The summed E-state index contributed by atoms with van der Waals surface area (Å²) < 4.78 is 10.5. The minimum Gasteiger partial charge on any atom is -0.471 e. The Morgan fingerprint density at radius 3 is 2.37 bits per heavy atom. The van der Waals surface area contributed by atoms with Crippen molar-refractivity contribution in [1.29, 1.82) is 0 Å². The second kappa shape index (κ2) is 8.03. The van der Waals surface area contributed by atoms with E-state index in [0.29, 0.717) is 30.1 Å². The van der Waals surface area contributed by atoms with E-state index in [1.54, 1.807) is 35.2 Å². The molecule has 8 heteroatoms. The Morgan fingerprint density at radius 2 is 1.78 bits per heavy atom. The van der Waals surface area contributed by atoms with Crippen molar-refractivity contribution >= 4 is 17.7 Å². The third-order valence-corrected chi connectivity index (χ3v) is 4.36. The Morgan fingerprint density at radius 1 is 1.07 bits per heavy atom. The van der Waals surface area contributed by atoms with Gasteiger partial charge in [0.2, 0.25) is 5.88 Å². The van der Waals surface area contributed by atoms with Gasteiger partial charge in [-0.15, -0.1) is 10.2 Å². The average molecular weight is 370 g/mol. The molecule has 2 aromatic rings. The molecule has 8 nitrogen and oxygen atoms in total. The number of ether oxygens (including phenoxy) is 2. The highest BCUT2D eigenvalue weighted by Crippen LogP contribution is 2.19. The summed E-state index contributed by atoms with van der Waals surface area (Å²) in [7, 11) is 5.11. The molecular weight excluding hydrogens is 348 g/mol. The van der Waals surface area contributed by atoms with Crippen LogP contribution in [0.4, 0.5) is 5.82 Å². The van der Waals surface area contributed by atoms with Crippen LogP contribution in [0.2, 0.25) is 0 Å². The van der Waals surface area contributed by atoms with Gasteiger partial charge < -0.3 is 19.3 Å². The van der Waals surface area contributed by atoms with Gasteiger partial charge in [0.25, 0.3) is 5.91 Å². The number of hydrogen-bond acceptors (Lipinski definition) is 7. The van der Waals surface area contributed by atoms with Crippen molar-refractivity contribution in [2.45, 2.75) is 12.5 Å². The molecule has 0 bridgehead atoms. The Kier molecular flexibility index (Phi) is 5.54. The summed E-state index contributed by atoms with van der Waals surface area (Å²) in [6.07, 6.45) is 0.603. The summed E-state index contributed by atoms with van der Waals surface area (Å²) >= 11 is 0. The number of anilines is 1. The van der Waals surface area contributed by atoms with Crippen LogP contribution in [-0.4, -0.2) is 67.4 Å². The molecule has 1 aliphatic heterocycles. The fraction of sp³-hybridized carbons (Fsp3) is 0.368. The third-order valence-electron chi connectivity index (χ3n) is 4.36. The lowest BCUT2D eigenvalue weighted by Crippen LogP contribution is -2.31. The van der Waals surface area contributed by atoms with Crippen molar-refractivity contribution in [3.05, 3.63) is 47.5 Å². The molecule has 1 fully saturated rings. The van der Waals surface area contributed by atoms with Crippen LogP contribution in [0.25, 0.3) is 0 Å². The van der Waals surface area contributed by atoms with Gasteiger partial charge >= 0.3 is 5.97 Å². The van der Waals surface area contributed by atoms with Crippen molar-refractivity contribution in [1.82, 2.24) is 15.1 Å². The van der Waals surface area contributed by atoms with Gasteiger partial charge in [0.1, 0.15) is 6.10 Å². The van der Waals surface area contributed by atoms with Crippen LogP contribution in [0.1, 0.15) is 27.1 Å². The Hall–Kier alpha value is -3.16. The minimum absolute atomic E-state index is 0.0912. The van der Waals surface area contributed by atoms with Gasteiger partial charge in [0.05, 0.1) is 19.2 Å². The lowest BCUT2D eigenvalue weighted by molar-refractivity contribution is 0.0600. The first-order chi connectivity index (χ1) is 13.0. The number of aromatic nitrogens is 2. The van der Waals surface area contributed by atoms with E-state index in [-0.39, 0.29) is 12.0 Å². The summed E-state index contributed by atoms with van der Waals surface area (Å²) in [5.41, 5.74) is 0.940. The second-order valence-electron chi connectivity index (χ2n) is 6.47. The molecular formula is C19H22N4O4. The molecule has 1 aromatic heterocycles. The van der Waals surface area contributed by atoms with Gasteiger partial charge in [-0.1, -0.05) is 0 Å². The maximum absolute atomic E-state index is 12.6. The largest absolute Gasteiger partial charge is 0.471 e. The van der Waals surface area contributed by atoms with Crippen LogP contribution in [-0.2, 0) is 4.74 Å². The van der Waals surface area contributed by atoms with Gasteiger partial charge in [-0.2, -0.15) is 0 Å². The number of nitrogens with zero attached hydrogens (tertiary/aromatic N) is 4. The monoisotopic (exact) mass is 370 g/mol. The Labute approximate surface area is 157 Å². The normalized spacial score (nSPS) is 16.1. The molecule has 1 aliphatic rings. The van der Waals surface area contributed by atoms with Crippen LogP contribution >= 0.6 is 0 Å². The van der Waals surface area contributed by atoms with E-state index >= 15 is 0 Å². The molecule has 27 heavy (non-hydrogen) atoms. The highest BCUT2D eigenvalue weighted by atomic mass is 16.5. The minimum atomic E-state index is -0.426. The third kappa shape index (κ3) is 4.33. The summed E-state index contributed by atoms with van der Waals surface area (Å²) in [5, 5.41) is 8.15. The number of likely N-dealkylation sites (tertiary alicyclic amines) is 1. The Bertz CT molecular complexity index is 805. The maximum Gasteiger partial charge on any atom is 0.337 e. The Balaban J connectivity index is 1.58. The van der Waals surface area contributed by atoms with E-state index in [1.165, 1.54) is 7.11 Å². The summed E-state index contributed by atoms with van der Waals surface area (Å²) in [6, 6.07) is 10.1. The topological polar surface area (TPSA) is 84.9 Å². The standard InChI is InChI=1S/C19H22N4O4/c1-22(2)16-8-9-17(21-20-16)27-15-10-11-23(12-15)18(24)13-4-6-14(7-5-13)19(25)26-3/h4-9,15H,10-12H2,1-3H3. The molecule has 0 spiro atoms. The van der Waals surface area contributed by atoms with Crippen LogP contribution < -0.4 is 9.64 Å². The van der Waals surface area contributed by atoms with Crippen molar-refractivity contribution in [3.63, 3.8) is 0 Å². The van der Waals surface area contributed by atoms with E-state index in [9.17, 15) is 9.59 Å². The molecule has 1 saturated heterocycles. The quantitative estimate of drug-likeness (QED) is 0.740. The molecule has 0 radical (unpaired) electrons. The lowest BCUT2D eigenvalue weighted by atomic mass is 10.1. The average Bonchev–Trinajstić information content (AvgIpc) is 3.15. The second-order valence-corrected chi connectivity index (χ2v) is 6.47. The van der Waals surface area contributed by atoms with Gasteiger partial charge in [-0.25, -0.2) is 4.79 Å². The molecule has 0 saturated carbocycles. The number of benzene rings is 1. The van der Waals surface area contributed by atoms with E-state index in [4.69, 9.17) is 4.74 Å². The number of amides is 1. The van der Waals surface area contributed by atoms with E-state index in [0.717, 1.165) is 12.2 Å². The summed E-state index contributed by atoms with van der Waals surface area (Å²) in [5.74, 6) is 0.680. The number of carbonyl (C=O) groups excluding carboxylic acids is 2. The van der Waals surface area contributed by atoms with Crippen LogP contribution in [0.3, 0.4) is 0 Å². The number of carbonyl (C=O) groups is 2. The molecule has 1 atom stereocenters. The molecule has 2 heterocycles. The number of methoxy groups -OCH3 is 1. The van der Waals surface area contributed by atoms with Crippen molar-refractivity contribution < 1.29 is 19.1 Å². The lowest BCUT2D eigenvalue weighted by Gasteiger charge is -2.17. The summed E-state index contributed by atoms with van der Waals surface area (Å²) in [4.78, 5) is 27.7. The van der Waals surface area contributed by atoms with Gasteiger partial charge in [0.15, 0.2) is 5.82 Å². The number of hydrogen-bond donors (Lipinski definition) is 0.